The lowest BCUT2D eigenvalue weighted by Crippen LogP contribution is -2.16. The van der Waals surface area contributed by atoms with Crippen LogP contribution in [0.25, 0.3) is 0 Å². The molecule has 1 saturated carbocycles. The van der Waals surface area contributed by atoms with Gasteiger partial charge in [-0.05, 0) is 49.1 Å². The number of hydrogen-bond donors (Lipinski definition) is 1. The van der Waals surface area contributed by atoms with Crippen LogP contribution in [-0.2, 0) is 6.54 Å². The van der Waals surface area contributed by atoms with Gasteiger partial charge in [0.1, 0.15) is 8.07 Å². The van der Waals surface area contributed by atoms with Crippen molar-refractivity contribution in [2.75, 3.05) is 6.54 Å². The quantitative estimate of drug-likeness (QED) is 0.487. The smallest absolute Gasteiger partial charge is 0.129 e. The molecule has 0 heterocycles. The molecule has 0 saturated heterocycles. The molecule has 0 atom stereocenters. The van der Waals surface area contributed by atoms with Crippen molar-refractivity contribution in [2.45, 2.75) is 52.4 Å². The van der Waals surface area contributed by atoms with Gasteiger partial charge in [-0.2, -0.15) is 0 Å². The Morgan fingerprint density at radius 1 is 1.25 bits per heavy atom. The van der Waals surface area contributed by atoms with Crippen molar-refractivity contribution < 1.29 is 0 Å². The molecule has 0 aromatic heterocycles. The summed E-state index contributed by atoms with van der Waals surface area (Å²) >= 11 is 0. The topological polar surface area (TPSA) is 12.0 Å². The average molecular weight is 286 g/mol. The second-order valence-corrected chi connectivity index (χ2v) is 11.8. The van der Waals surface area contributed by atoms with Gasteiger partial charge < -0.3 is 5.32 Å². The van der Waals surface area contributed by atoms with Gasteiger partial charge in [-0.25, -0.2) is 0 Å². The Kier molecular flexibility index (Phi) is 5.07. The number of nitrogens with one attached hydrogen (secondary N) is 1. The first kappa shape index (κ1) is 15.3. The predicted octanol–water partition coefficient (Wildman–Crippen LogP) is 4.11. The molecule has 1 fully saturated rings. The van der Waals surface area contributed by atoms with Crippen molar-refractivity contribution in [3.8, 4) is 11.5 Å². The lowest BCUT2D eigenvalue weighted by Gasteiger charge is -2.08. The fraction of sp³-hybridized carbons (Fsp3) is 0.556. The maximum Gasteiger partial charge on any atom is 0.129 e. The van der Waals surface area contributed by atoms with E-state index in [1.165, 1.54) is 30.4 Å². The number of rotatable bonds is 5. The number of aryl methyl sites for hydroxylation is 1. The molecule has 1 aromatic rings. The van der Waals surface area contributed by atoms with Crippen molar-refractivity contribution in [3.63, 3.8) is 0 Å². The van der Waals surface area contributed by atoms with Gasteiger partial charge in [0.2, 0.25) is 0 Å². The Balaban J connectivity index is 1.88. The van der Waals surface area contributed by atoms with Gasteiger partial charge >= 0.3 is 0 Å². The van der Waals surface area contributed by atoms with E-state index in [1.807, 2.05) is 0 Å². The standard InChI is InChI=1S/C18H27NSi/c1-15-13-17(10-12-20(2,3)4)7-8-18(15)14-19-11-9-16-5-6-16/h7-8,13,16,19H,5-6,9,11,14H2,1-4H3. The zero-order valence-electron chi connectivity index (χ0n) is 13.3. The van der Waals surface area contributed by atoms with Gasteiger partial charge in [-0.15, -0.1) is 5.54 Å². The van der Waals surface area contributed by atoms with Gasteiger partial charge in [0.15, 0.2) is 0 Å². The largest absolute Gasteiger partial charge is 0.313 e. The Morgan fingerprint density at radius 2 is 2.00 bits per heavy atom. The monoisotopic (exact) mass is 285 g/mol. The third kappa shape index (κ3) is 5.52. The van der Waals surface area contributed by atoms with Crippen molar-refractivity contribution in [1.82, 2.24) is 5.32 Å². The summed E-state index contributed by atoms with van der Waals surface area (Å²) < 4.78 is 0. The second-order valence-electron chi connectivity index (χ2n) is 7.05. The summed E-state index contributed by atoms with van der Waals surface area (Å²) in [7, 11) is -1.28. The van der Waals surface area contributed by atoms with Crippen molar-refractivity contribution >= 4 is 8.07 Å². The summed E-state index contributed by atoms with van der Waals surface area (Å²) in [5, 5.41) is 3.56. The molecule has 1 nitrogen and oxygen atoms in total. The lowest BCUT2D eigenvalue weighted by atomic mass is 10.1. The van der Waals surface area contributed by atoms with Gasteiger partial charge in [-0.3, -0.25) is 0 Å². The molecule has 2 rings (SSSR count). The first-order valence-electron chi connectivity index (χ1n) is 7.77. The molecule has 0 bridgehead atoms. The Bertz CT molecular complexity index is 512. The van der Waals surface area contributed by atoms with Crippen molar-refractivity contribution in [1.29, 1.82) is 0 Å². The Labute approximate surface area is 125 Å². The molecular formula is C18H27NSi. The summed E-state index contributed by atoms with van der Waals surface area (Å²) in [5.41, 5.74) is 7.34. The minimum Gasteiger partial charge on any atom is -0.313 e. The van der Waals surface area contributed by atoms with Crippen molar-refractivity contribution in [3.05, 3.63) is 34.9 Å². The molecule has 0 unspecified atom stereocenters. The van der Waals surface area contributed by atoms with Gasteiger partial charge in [0.05, 0.1) is 0 Å². The fourth-order valence-corrected chi connectivity index (χ4v) is 2.69. The lowest BCUT2D eigenvalue weighted by molar-refractivity contribution is 0.612. The summed E-state index contributed by atoms with van der Waals surface area (Å²) in [4.78, 5) is 0. The van der Waals surface area contributed by atoms with Crippen LogP contribution in [0.1, 0.15) is 36.0 Å². The molecule has 0 amide bonds. The normalized spacial score (nSPS) is 14.8. The third-order valence-corrected chi connectivity index (χ3v) is 4.54. The maximum atomic E-state index is 3.56. The highest BCUT2D eigenvalue weighted by Crippen LogP contribution is 2.31. The molecular weight excluding hydrogens is 258 g/mol. The number of benzene rings is 1. The highest BCUT2D eigenvalue weighted by Gasteiger charge is 2.19. The molecule has 2 heteroatoms. The van der Waals surface area contributed by atoms with E-state index in [9.17, 15) is 0 Å². The minimum absolute atomic E-state index is 0.986. The van der Waals surface area contributed by atoms with E-state index in [2.05, 4.69) is 61.5 Å². The van der Waals surface area contributed by atoms with E-state index in [0.29, 0.717) is 0 Å². The van der Waals surface area contributed by atoms with Gasteiger partial charge in [0, 0.05) is 12.1 Å². The van der Waals surface area contributed by atoms with Crippen molar-refractivity contribution in [2.24, 2.45) is 5.92 Å². The summed E-state index contributed by atoms with van der Waals surface area (Å²) in [6.45, 7) is 11.2. The van der Waals surface area contributed by atoms with Crippen LogP contribution in [0.3, 0.4) is 0 Å². The van der Waals surface area contributed by atoms with Gasteiger partial charge in [-0.1, -0.05) is 44.5 Å². The average Bonchev–Trinajstić information content (AvgIpc) is 3.17. The van der Waals surface area contributed by atoms with E-state index in [-0.39, 0.29) is 0 Å². The number of hydrogen-bond acceptors (Lipinski definition) is 1. The van der Waals surface area contributed by atoms with E-state index in [1.54, 1.807) is 0 Å². The molecule has 1 aliphatic rings. The molecule has 1 aromatic carbocycles. The first-order chi connectivity index (χ1) is 9.44. The zero-order chi connectivity index (χ0) is 14.6. The van der Waals surface area contributed by atoms with E-state index in [0.717, 1.165) is 24.6 Å². The molecule has 1 aliphatic carbocycles. The van der Waals surface area contributed by atoms with Gasteiger partial charge in [0.25, 0.3) is 0 Å². The highest BCUT2D eigenvalue weighted by atomic mass is 28.3. The van der Waals surface area contributed by atoms with Crippen LogP contribution < -0.4 is 5.32 Å². The second kappa shape index (κ2) is 6.61. The van der Waals surface area contributed by atoms with Crippen LogP contribution in [0.5, 0.6) is 0 Å². The van der Waals surface area contributed by atoms with Crippen LogP contribution >= 0.6 is 0 Å². The summed E-state index contributed by atoms with van der Waals surface area (Å²) in [5.74, 6) is 4.35. The summed E-state index contributed by atoms with van der Waals surface area (Å²) in [6.07, 6.45) is 4.25. The van der Waals surface area contributed by atoms with Crippen LogP contribution in [0.4, 0.5) is 0 Å². The highest BCUT2D eigenvalue weighted by molar-refractivity contribution is 6.83. The molecule has 108 valence electrons. The SMILES string of the molecule is Cc1cc(C#C[Si](C)(C)C)ccc1CNCCC1CC1. The Hall–Kier alpha value is -1.04. The van der Waals surface area contributed by atoms with E-state index in [4.69, 9.17) is 0 Å². The molecule has 20 heavy (non-hydrogen) atoms. The third-order valence-electron chi connectivity index (χ3n) is 3.67. The fourth-order valence-electron chi connectivity index (χ4n) is 2.17. The van der Waals surface area contributed by atoms with Crippen LogP contribution in [0.2, 0.25) is 19.6 Å². The predicted molar refractivity (Wildman–Crippen MR) is 90.5 cm³/mol. The molecule has 0 aliphatic heterocycles. The van der Waals surface area contributed by atoms with E-state index >= 15 is 0 Å². The Morgan fingerprint density at radius 3 is 2.60 bits per heavy atom. The van der Waals surface area contributed by atoms with Crippen LogP contribution in [0.15, 0.2) is 18.2 Å². The summed E-state index contributed by atoms with van der Waals surface area (Å²) in [6, 6.07) is 6.62. The van der Waals surface area contributed by atoms with Crippen LogP contribution in [0, 0.1) is 24.3 Å². The molecule has 1 N–H and O–H groups in total. The van der Waals surface area contributed by atoms with Crippen LogP contribution in [-0.4, -0.2) is 14.6 Å². The minimum atomic E-state index is -1.28. The maximum absolute atomic E-state index is 3.56. The first-order valence-corrected chi connectivity index (χ1v) is 11.3. The molecule has 0 spiro atoms. The van der Waals surface area contributed by atoms with E-state index < -0.39 is 8.07 Å². The molecule has 0 radical (unpaired) electrons. The zero-order valence-corrected chi connectivity index (χ0v) is 14.3.